The lowest BCUT2D eigenvalue weighted by atomic mass is 10.1. The first-order chi connectivity index (χ1) is 12.6. The second-order valence-electron chi connectivity index (χ2n) is 5.98. The molecule has 0 aliphatic heterocycles. The zero-order valence-corrected chi connectivity index (χ0v) is 18.1. The second-order valence-corrected chi connectivity index (χ2v) is 9.86. The van der Waals surface area contributed by atoms with Crippen LogP contribution < -0.4 is 4.74 Å². The van der Waals surface area contributed by atoms with Gasteiger partial charge in [0.05, 0.1) is 15.9 Å². The summed E-state index contributed by atoms with van der Waals surface area (Å²) in [5.41, 5.74) is 0.374. The minimum Gasteiger partial charge on any atom is -0.455 e. The van der Waals surface area contributed by atoms with Crippen LogP contribution in [0.1, 0.15) is 29.0 Å². The number of ether oxygens (including phenoxy) is 2. The average molecular weight is 523 g/mol. The number of hydrogen-bond donors (Lipinski definition) is 0. The van der Waals surface area contributed by atoms with Crippen LogP contribution in [0.15, 0.2) is 40.0 Å². The zero-order chi connectivity index (χ0) is 19.9. The maximum atomic E-state index is 14.9. The summed E-state index contributed by atoms with van der Waals surface area (Å²) in [6, 6.07) is 4.44. The largest absolute Gasteiger partial charge is 0.455 e. The molecule has 0 amide bonds. The van der Waals surface area contributed by atoms with Crippen LogP contribution in [-0.4, -0.2) is 31.8 Å². The lowest BCUT2D eigenvalue weighted by Gasteiger charge is -2.17. The molecule has 0 spiro atoms. The molecule has 0 saturated carbocycles. The molecule has 3 unspecified atom stereocenters. The molecule has 0 fully saturated rings. The Labute approximate surface area is 172 Å². The molecule has 0 saturated heterocycles. The molecule has 1 aliphatic carbocycles. The average Bonchev–Trinajstić information content (AvgIpc) is 2.79. The Morgan fingerprint density at radius 1 is 1.26 bits per heavy atom. The van der Waals surface area contributed by atoms with Crippen molar-refractivity contribution in [3.8, 4) is 11.5 Å². The molecule has 3 atom stereocenters. The number of nitrogens with zero attached hydrogens (tertiary/aromatic N) is 1. The Bertz CT molecular complexity index is 1010. The van der Waals surface area contributed by atoms with Crippen molar-refractivity contribution in [1.29, 1.82) is 0 Å². The van der Waals surface area contributed by atoms with Gasteiger partial charge in [-0.1, -0.05) is 15.9 Å². The van der Waals surface area contributed by atoms with Crippen LogP contribution in [0.2, 0.25) is 0 Å². The lowest BCUT2D eigenvalue weighted by Crippen LogP contribution is -2.17. The summed E-state index contributed by atoms with van der Waals surface area (Å²) in [4.78, 5) is 14.4. The molecule has 0 radical (unpaired) electrons. The van der Waals surface area contributed by atoms with Gasteiger partial charge < -0.3 is 9.47 Å². The molecule has 1 aliphatic rings. The van der Waals surface area contributed by atoms with Crippen LogP contribution in [0.4, 0.5) is 4.39 Å². The van der Waals surface area contributed by atoms with Gasteiger partial charge in [0.2, 0.25) is 0 Å². The van der Waals surface area contributed by atoms with Gasteiger partial charge in [0.15, 0.2) is 22.1 Å². The number of alkyl halides is 2. The molecule has 144 valence electrons. The lowest BCUT2D eigenvalue weighted by molar-refractivity contribution is -0.149. The van der Waals surface area contributed by atoms with E-state index in [1.165, 1.54) is 18.3 Å². The molecule has 1 aromatic heterocycles. The van der Waals surface area contributed by atoms with Crippen molar-refractivity contribution >= 4 is 47.7 Å². The first kappa shape index (κ1) is 20.2. The first-order valence-electron chi connectivity index (χ1n) is 7.70. The maximum Gasteiger partial charge on any atom is 0.303 e. The van der Waals surface area contributed by atoms with Gasteiger partial charge in [0, 0.05) is 35.0 Å². The number of halogens is 3. The van der Waals surface area contributed by atoms with Crippen LogP contribution in [-0.2, 0) is 19.4 Å². The third kappa shape index (κ3) is 4.02. The first-order valence-corrected chi connectivity index (χ1v) is 11.3. The van der Waals surface area contributed by atoms with E-state index in [2.05, 4.69) is 36.8 Å². The summed E-state index contributed by atoms with van der Waals surface area (Å²) in [5, 5.41) is 0. The van der Waals surface area contributed by atoms with E-state index in [-0.39, 0.29) is 21.8 Å². The van der Waals surface area contributed by atoms with Crippen LogP contribution >= 0.6 is 31.9 Å². The standard InChI is InChI=1S/C17H14Br2FNO5S/c1-8(22)25-17-14-12(27(2,23)24)4-3-11(13(14)15(19)16(17)20)26-10-5-9(18)6-21-7-10/h3-7,15-17H,1-2H3. The summed E-state index contributed by atoms with van der Waals surface area (Å²) in [5.74, 6) is -0.0848. The summed E-state index contributed by atoms with van der Waals surface area (Å²) < 4.78 is 50.9. The number of esters is 1. The van der Waals surface area contributed by atoms with Gasteiger partial charge in [-0.3, -0.25) is 9.78 Å². The molecule has 0 N–H and O–H groups in total. The number of carbonyl (C=O) groups excluding carboxylic acids is 1. The molecule has 1 heterocycles. The van der Waals surface area contributed by atoms with Gasteiger partial charge in [0.25, 0.3) is 0 Å². The summed E-state index contributed by atoms with van der Waals surface area (Å²) in [6.07, 6.45) is 1.04. The Morgan fingerprint density at radius 3 is 2.56 bits per heavy atom. The van der Waals surface area contributed by atoms with Crippen molar-refractivity contribution in [2.45, 2.75) is 28.9 Å². The summed E-state index contributed by atoms with van der Waals surface area (Å²) in [6.45, 7) is 1.14. The number of benzene rings is 1. The van der Waals surface area contributed by atoms with Crippen LogP contribution in [0.5, 0.6) is 11.5 Å². The highest BCUT2D eigenvalue weighted by Crippen LogP contribution is 2.54. The van der Waals surface area contributed by atoms with E-state index in [9.17, 15) is 17.6 Å². The predicted octanol–water partition coefficient (Wildman–Crippen LogP) is 4.43. The molecule has 27 heavy (non-hydrogen) atoms. The van der Waals surface area contributed by atoms with E-state index in [0.29, 0.717) is 10.2 Å². The number of hydrogen-bond acceptors (Lipinski definition) is 6. The Kier molecular flexibility index (Phi) is 5.60. The minimum absolute atomic E-state index is 0.0857. The normalized spacial score (nSPS) is 21.6. The number of fused-ring (bicyclic) bond motifs is 1. The molecule has 0 bridgehead atoms. The van der Waals surface area contributed by atoms with E-state index in [1.807, 2.05) is 0 Å². The van der Waals surface area contributed by atoms with Crippen molar-refractivity contribution in [1.82, 2.24) is 4.98 Å². The fraction of sp³-hybridized carbons (Fsp3) is 0.294. The monoisotopic (exact) mass is 521 g/mol. The number of rotatable bonds is 4. The van der Waals surface area contributed by atoms with Gasteiger partial charge in [-0.25, -0.2) is 12.8 Å². The SMILES string of the molecule is CC(=O)OC1c2c(S(C)(=O)=O)ccc(Oc3cncc(Br)c3)c2C(Br)C1F. The molecular formula is C17H14Br2FNO5S. The van der Waals surface area contributed by atoms with E-state index < -0.39 is 32.9 Å². The minimum atomic E-state index is -3.69. The number of carbonyl (C=O) groups is 1. The Hall–Kier alpha value is -1.52. The van der Waals surface area contributed by atoms with Crippen molar-refractivity contribution in [3.63, 3.8) is 0 Å². The van der Waals surface area contributed by atoms with Crippen molar-refractivity contribution < 1.29 is 27.1 Å². The molecule has 3 rings (SSSR count). The summed E-state index contributed by atoms with van der Waals surface area (Å²) >= 11 is 6.53. The van der Waals surface area contributed by atoms with Gasteiger partial charge in [-0.2, -0.15) is 0 Å². The molecule has 2 aromatic rings. The van der Waals surface area contributed by atoms with Gasteiger partial charge in [-0.05, 0) is 34.1 Å². The number of aromatic nitrogens is 1. The Morgan fingerprint density at radius 2 is 1.96 bits per heavy atom. The van der Waals surface area contributed by atoms with Gasteiger partial charge in [-0.15, -0.1) is 0 Å². The number of sulfone groups is 1. The highest BCUT2D eigenvalue weighted by Gasteiger charge is 2.47. The third-order valence-corrected chi connectivity index (χ3v) is 6.49. The molecule has 6 nitrogen and oxygen atoms in total. The topological polar surface area (TPSA) is 82.6 Å². The fourth-order valence-corrected chi connectivity index (χ4v) is 4.97. The fourth-order valence-electron chi connectivity index (χ4n) is 2.94. The smallest absolute Gasteiger partial charge is 0.303 e. The second kappa shape index (κ2) is 7.48. The van der Waals surface area contributed by atoms with E-state index >= 15 is 0 Å². The predicted molar refractivity (Wildman–Crippen MR) is 103 cm³/mol. The van der Waals surface area contributed by atoms with Crippen LogP contribution in [0.25, 0.3) is 0 Å². The van der Waals surface area contributed by atoms with Crippen molar-refractivity contribution in [2.75, 3.05) is 6.26 Å². The van der Waals surface area contributed by atoms with E-state index in [4.69, 9.17) is 9.47 Å². The van der Waals surface area contributed by atoms with Gasteiger partial charge in [0.1, 0.15) is 11.5 Å². The van der Waals surface area contributed by atoms with Crippen molar-refractivity contribution in [3.05, 3.63) is 46.2 Å². The zero-order valence-electron chi connectivity index (χ0n) is 14.1. The van der Waals surface area contributed by atoms with Crippen molar-refractivity contribution in [2.24, 2.45) is 0 Å². The molecule has 10 heteroatoms. The highest BCUT2D eigenvalue weighted by atomic mass is 79.9. The third-order valence-electron chi connectivity index (χ3n) is 3.94. The van der Waals surface area contributed by atoms with E-state index in [1.54, 1.807) is 12.3 Å². The number of pyridine rings is 1. The molecular weight excluding hydrogens is 509 g/mol. The summed E-state index contributed by atoms with van der Waals surface area (Å²) in [7, 11) is -3.69. The maximum absolute atomic E-state index is 14.9. The van der Waals surface area contributed by atoms with Crippen LogP contribution in [0, 0.1) is 0 Å². The molecule has 1 aromatic carbocycles. The Balaban J connectivity index is 2.19. The van der Waals surface area contributed by atoms with E-state index in [0.717, 1.165) is 13.2 Å². The highest BCUT2D eigenvalue weighted by molar-refractivity contribution is 9.10. The van der Waals surface area contributed by atoms with Gasteiger partial charge >= 0.3 is 5.97 Å². The van der Waals surface area contributed by atoms with Crippen LogP contribution in [0.3, 0.4) is 0 Å². The quantitative estimate of drug-likeness (QED) is 0.436.